The third kappa shape index (κ3) is 4.01. The highest BCUT2D eigenvalue weighted by atomic mass is 32.2. The van der Waals surface area contributed by atoms with Crippen molar-refractivity contribution in [2.24, 2.45) is 5.14 Å². The van der Waals surface area contributed by atoms with Crippen molar-refractivity contribution in [3.05, 3.63) is 53.9 Å². The van der Waals surface area contributed by atoms with Crippen LogP contribution in [0.3, 0.4) is 0 Å². The van der Waals surface area contributed by atoms with Gasteiger partial charge in [-0.3, -0.25) is 9.48 Å². The van der Waals surface area contributed by atoms with Crippen LogP contribution in [0.4, 0.5) is 0 Å². The largest absolute Gasteiger partial charge is 0.334 e. The number of carbonyl (C=O) groups is 1. The number of hydrogen-bond acceptors (Lipinski definition) is 4. The van der Waals surface area contributed by atoms with E-state index in [2.05, 4.69) is 5.10 Å². The molecule has 0 radical (unpaired) electrons. The van der Waals surface area contributed by atoms with Crippen LogP contribution in [-0.4, -0.2) is 41.6 Å². The molecule has 0 spiro atoms. The first-order chi connectivity index (χ1) is 11.4. The van der Waals surface area contributed by atoms with Crippen molar-refractivity contribution in [1.29, 1.82) is 0 Å². The number of nitrogens with two attached hydrogens (primary N) is 1. The number of benzene rings is 1. The van der Waals surface area contributed by atoms with Crippen molar-refractivity contribution in [3.8, 4) is 0 Å². The Morgan fingerprint density at radius 2 is 2.04 bits per heavy atom. The number of rotatable bonds is 5. The Bertz CT molecular complexity index is 800. The topological polar surface area (TPSA) is 98.3 Å². The molecule has 3 rings (SSSR count). The quantitative estimate of drug-likeness (QED) is 0.870. The normalized spacial score (nSPS) is 18.0. The summed E-state index contributed by atoms with van der Waals surface area (Å²) in [6.07, 6.45) is 5.55. The van der Waals surface area contributed by atoms with Gasteiger partial charge in [0.1, 0.15) is 0 Å². The molecule has 24 heavy (non-hydrogen) atoms. The zero-order valence-electron chi connectivity index (χ0n) is 13.2. The maximum atomic E-state index is 12.7. The monoisotopic (exact) mass is 348 g/mol. The maximum absolute atomic E-state index is 12.7. The van der Waals surface area contributed by atoms with Crippen LogP contribution in [0.5, 0.6) is 0 Å². The molecule has 1 aliphatic heterocycles. The van der Waals surface area contributed by atoms with Crippen LogP contribution in [0.25, 0.3) is 0 Å². The predicted octanol–water partition coefficient (Wildman–Crippen LogP) is 0.976. The van der Waals surface area contributed by atoms with Crippen LogP contribution in [0.1, 0.15) is 28.8 Å². The molecule has 8 heteroatoms. The molecule has 1 saturated heterocycles. The van der Waals surface area contributed by atoms with Gasteiger partial charge in [-0.1, -0.05) is 12.1 Å². The van der Waals surface area contributed by atoms with E-state index in [0.717, 1.165) is 19.4 Å². The minimum atomic E-state index is -3.57. The van der Waals surface area contributed by atoms with E-state index < -0.39 is 10.0 Å². The average molecular weight is 348 g/mol. The molecule has 1 aromatic heterocycles. The summed E-state index contributed by atoms with van der Waals surface area (Å²) in [4.78, 5) is 14.6. The third-order valence-corrected chi connectivity index (χ3v) is 4.90. The highest BCUT2D eigenvalue weighted by molar-refractivity contribution is 7.88. The van der Waals surface area contributed by atoms with E-state index in [-0.39, 0.29) is 17.7 Å². The Hall–Kier alpha value is -2.19. The van der Waals surface area contributed by atoms with E-state index in [1.807, 2.05) is 21.8 Å². The van der Waals surface area contributed by atoms with Gasteiger partial charge >= 0.3 is 0 Å². The lowest BCUT2D eigenvalue weighted by atomic mass is 10.1. The summed E-state index contributed by atoms with van der Waals surface area (Å²) in [5.74, 6) is -0.264. The number of sulfonamides is 1. The SMILES string of the molecule is NS(=O)(=O)Cc1ccc(C(=O)N2CCCC2Cn2cccn2)cc1. The Morgan fingerprint density at radius 1 is 1.29 bits per heavy atom. The lowest BCUT2D eigenvalue weighted by molar-refractivity contribution is 0.0721. The fraction of sp³-hybridized carbons (Fsp3) is 0.375. The van der Waals surface area contributed by atoms with Crippen molar-refractivity contribution in [2.75, 3.05) is 6.54 Å². The van der Waals surface area contributed by atoms with Crippen LogP contribution in [0.2, 0.25) is 0 Å². The number of aromatic nitrogens is 2. The molecule has 1 unspecified atom stereocenters. The smallest absolute Gasteiger partial charge is 0.254 e. The van der Waals surface area contributed by atoms with Gasteiger partial charge in [0.15, 0.2) is 0 Å². The minimum Gasteiger partial charge on any atom is -0.334 e. The van der Waals surface area contributed by atoms with Crippen molar-refractivity contribution in [3.63, 3.8) is 0 Å². The second kappa shape index (κ2) is 6.74. The van der Waals surface area contributed by atoms with Crippen LogP contribution in [-0.2, 0) is 22.3 Å². The molecule has 2 heterocycles. The summed E-state index contributed by atoms with van der Waals surface area (Å²) in [5, 5.41) is 9.24. The molecule has 1 aromatic carbocycles. The molecule has 0 saturated carbocycles. The lowest BCUT2D eigenvalue weighted by Crippen LogP contribution is -2.38. The first-order valence-corrected chi connectivity index (χ1v) is 9.52. The van der Waals surface area contributed by atoms with E-state index in [1.165, 1.54) is 0 Å². The fourth-order valence-electron chi connectivity index (χ4n) is 3.06. The van der Waals surface area contributed by atoms with E-state index >= 15 is 0 Å². The number of primary sulfonamides is 1. The molecule has 1 atom stereocenters. The molecule has 1 aliphatic rings. The first kappa shape index (κ1) is 16.7. The van der Waals surface area contributed by atoms with Crippen LogP contribution in [0.15, 0.2) is 42.7 Å². The van der Waals surface area contributed by atoms with Gasteiger partial charge in [0.05, 0.1) is 18.3 Å². The first-order valence-electron chi connectivity index (χ1n) is 7.80. The molecule has 1 amide bonds. The summed E-state index contributed by atoms with van der Waals surface area (Å²) >= 11 is 0. The molecular weight excluding hydrogens is 328 g/mol. The van der Waals surface area contributed by atoms with E-state index in [4.69, 9.17) is 5.14 Å². The van der Waals surface area contributed by atoms with Crippen LogP contribution in [0, 0.1) is 0 Å². The maximum Gasteiger partial charge on any atom is 0.254 e. The highest BCUT2D eigenvalue weighted by Crippen LogP contribution is 2.21. The van der Waals surface area contributed by atoms with E-state index in [1.54, 1.807) is 30.5 Å². The van der Waals surface area contributed by atoms with Gasteiger partial charge in [-0.05, 0) is 36.6 Å². The Labute approximate surface area is 141 Å². The van der Waals surface area contributed by atoms with Gasteiger partial charge in [-0.25, -0.2) is 13.6 Å². The van der Waals surface area contributed by atoms with Crippen molar-refractivity contribution < 1.29 is 13.2 Å². The zero-order chi connectivity index (χ0) is 17.2. The summed E-state index contributed by atoms with van der Waals surface area (Å²) < 4.78 is 24.1. The van der Waals surface area contributed by atoms with Crippen molar-refractivity contribution in [2.45, 2.75) is 31.2 Å². The van der Waals surface area contributed by atoms with Gasteiger partial charge in [0, 0.05) is 24.5 Å². The Balaban J connectivity index is 1.70. The molecule has 1 fully saturated rings. The molecule has 2 aromatic rings. The van der Waals surface area contributed by atoms with Crippen LogP contribution >= 0.6 is 0 Å². The van der Waals surface area contributed by atoms with E-state index in [0.29, 0.717) is 17.7 Å². The zero-order valence-corrected chi connectivity index (χ0v) is 14.0. The van der Waals surface area contributed by atoms with Gasteiger partial charge in [0.25, 0.3) is 5.91 Å². The molecule has 0 aliphatic carbocycles. The summed E-state index contributed by atoms with van der Waals surface area (Å²) in [5.41, 5.74) is 1.13. The van der Waals surface area contributed by atoms with Crippen molar-refractivity contribution in [1.82, 2.24) is 14.7 Å². The minimum absolute atomic E-state index is 0.0354. The fourth-order valence-corrected chi connectivity index (χ4v) is 3.72. The second-order valence-corrected chi connectivity index (χ2v) is 7.64. The standard InChI is InChI=1S/C16H20N4O3S/c17-24(22,23)12-13-4-6-14(7-5-13)16(21)20-10-1-3-15(20)11-19-9-2-8-18-19/h2,4-9,15H,1,3,10-12H2,(H2,17,22,23). The van der Waals surface area contributed by atoms with Gasteiger partial charge in [-0.15, -0.1) is 0 Å². The summed E-state index contributed by atoms with van der Waals surface area (Å²) in [6, 6.07) is 8.58. The molecule has 2 N–H and O–H groups in total. The predicted molar refractivity (Wildman–Crippen MR) is 89.5 cm³/mol. The molecule has 128 valence electrons. The van der Waals surface area contributed by atoms with Gasteiger partial charge in [-0.2, -0.15) is 5.10 Å². The molecule has 0 bridgehead atoms. The Morgan fingerprint density at radius 3 is 2.67 bits per heavy atom. The highest BCUT2D eigenvalue weighted by Gasteiger charge is 2.29. The molecular formula is C16H20N4O3S. The number of amides is 1. The van der Waals surface area contributed by atoms with E-state index in [9.17, 15) is 13.2 Å². The summed E-state index contributed by atoms with van der Waals surface area (Å²) in [7, 11) is -3.57. The van der Waals surface area contributed by atoms with Crippen LogP contribution < -0.4 is 5.14 Å². The number of carbonyl (C=O) groups excluding carboxylic acids is 1. The third-order valence-electron chi connectivity index (χ3n) is 4.16. The Kier molecular flexibility index (Phi) is 4.68. The average Bonchev–Trinajstić information content (AvgIpc) is 3.18. The summed E-state index contributed by atoms with van der Waals surface area (Å²) in [6.45, 7) is 1.41. The second-order valence-electron chi connectivity index (χ2n) is 6.03. The van der Waals surface area contributed by atoms with Gasteiger partial charge in [0.2, 0.25) is 10.0 Å². The molecule has 7 nitrogen and oxygen atoms in total. The lowest BCUT2D eigenvalue weighted by Gasteiger charge is -2.25. The number of hydrogen-bond donors (Lipinski definition) is 1. The van der Waals surface area contributed by atoms with Crippen molar-refractivity contribution >= 4 is 15.9 Å². The number of nitrogens with zero attached hydrogens (tertiary/aromatic N) is 3. The van der Waals surface area contributed by atoms with Gasteiger partial charge < -0.3 is 4.90 Å². The number of likely N-dealkylation sites (tertiary alicyclic amines) is 1.